The molecule has 1 aliphatic rings. The molecule has 0 amide bonds. The van der Waals surface area contributed by atoms with Crippen LogP contribution < -0.4 is 0 Å². The average molecular weight is 286 g/mol. The van der Waals surface area contributed by atoms with E-state index in [1.54, 1.807) is 0 Å². The molecule has 1 saturated carbocycles. The highest BCUT2D eigenvalue weighted by atomic mass is 79.9. The highest BCUT2D eigenvalue weighted by Gasteiger charge is 2.22. The van der Waals surface area contributed by atoms with E-state index in [-0.39, 0.29) is 0 Å². The maximum Gasteiger partial charge on any atom is 0.0534 e. The highest BCUT2D eigenvalue weighted by Crippen LogP contribution is 2.24. The molecule has 1 fully saturated rings. The number of halogens is 1. The molecule has 0 aromatic carbocycles. The number of hydrogen-bond acceptors (Lipinski definition) is 2. The molecule has 0 N–H and O–H groups in total. The SMILES string of the molecule is Cn1cc(CN(CCBr)C2CCCC2)cn1. The Labute approximate surface area is 106 Å². The van der Waals surface area contributed by atoms with Crippen LogP contribution in [0.2, 0.25) is 0 Å². The fourth-order valence-corrected chi connectivity index (χ4v) is 3.01. The largest absolute Gasteiger partial charge is 0.295 e. The number of aryl methyl sites for hydroxylation is 1. The lowest BCUT2D eigenvalue weighted by Gasteiger charge is -2.27. The quantitative estimate of drug-likeness (QED) is 0.776. The molecule has 2 rings (SSSR count). The predicted octanol–water partition coefficient (Wildman–Crippen LogP) is 2.56. The lowest BCUT2D eigenvalue weighted by atomic mass is 10.2. The van der Waals surface area contributed by atoms with Crippen molar-refractivity contribution in [1.29, 1.82) is 0 Å². The van der Waals surface area contributed by atoms with E-state index in [2.05, 4.69) is 32.1 Å². The van der Waals surface area contributed by atoms with Gasteiger partial charge < -0.3 is 0 Å². The van der Waals surface area contributed by atoms with Gasteiger partial charge in [-0.05, 0) is 12.8 Å². The van der Waals surface area contributed by atoms with Crippen LogP contribution in [0.15, 0.2) is 12.4 Å². The van der Waals surface area contributed by atoms with Gasteiger partial charge in [0.1, 0.15) is 0 Å². The summed E-state index contributed by atoms with van der Waals surface area (Å²) in [5.41, 5.74) is 1.33. The van der Waals surface area contributed by atoms with Crippen molar-refractivity contribution in [3.05, 3.63) is 18.0 Å². The molecule has 1 heterocycles. The van der Waals surface area contributed by atoms with Crippen LogP contribution >= 0.6 is 15.9 Å². The third-order valence-electron chi connectivity index (χ3n) is 3.36. The second kappa shape index (κ2) is 5.82. The molecule has 0 aliphatic heterocycles. The Morgan fingerprint density at radius 2 is 2.25 bits per heavy atom. The third kappa shape index (κ3) is 3.08. The molecule has 16 heavy (non-hydrogen) atoms. The zero-order chi connectivity index (χ0) is 11.4. The molecule has 3 nitrogen and oxygen atoms in total. The van der Waals surface area contributed by atoms with Gasteiger partial charge in [-0.15, -0.1) is 0 Å². The van der Waals surface area contributed by atoms with Gasteiger partial charge in [0.2, 0.25) is 0 Å². The van der Waals surface area contributed by atoms with Crippen molar-refractivity contribution in [2.75, 3.05) is 11.9 Å². The molecule has 0 radical (unpaired) electrons. The Balaban J connectivity index is 1.96. The van der Waals surface area contributed by atoms with Gasteiger partial charge >= 0.3 is 0 Å². The first kappa shape index (κ1) is 12.1. The minimum Gasteiger partial charge on any atom is -0.295 e. The second-order valence-electron chi connectivity index (χ2n) is 4.62. The number of alkyl halides is 1. The van der Waals surface area contributed by atoms with Crippen molar-refractivity contribution in [1.82, 2.24) is 14.7 Å². The van der Waals surface area contributed by atoms with Crippen LogP contribution in [0.4, 0.5) is 0 Å². The average Bonchev–Trinajstić information content (AvgIpc) is 2.88. The Kier molecular flexibility index (Phi) is 4.41. The first-order valence-electron chi connectivity index (χ1n) is 6.07. The Hall–Kier alpha value is -0.350. The molecule has 0 atom stereocenters. The fourth-order valence-electron chi connectivity index (χ4n) is 2.56. The molecule has 4 heteroatoms. The number of nitrogens with zero attached hydrogens (tertiary/aromatic N) is 3. The van der Waals surface area contributed by atoms with Crippen LogP contribution in [0.25, 0.3) is 0 Å². The smallest absolute Gasteiger partial charge is 0.0534 e. The van der Waals surface area contributed by atoms with Crippen molar-refractivity contribution in [2.24, 2.45) is 7.05 Å². The van der Waals surface area contributed by atoms with Gasteiger partial charge in [0, 0.05) is 43.3 Å². The van der Waals surface area contributed by atoms with Crippen molar-refractivity contribution in [2.45, 2.75) is 38.3 Å². The maximum atomic E-state index is 4.23. The molecular weight excluding hydrogens is 266 g/mol. The Morgan fingerprint density at radius 1 is 1.50 bits per heavy atom. The lowest BCUT2D eigenvalue weighted by Crippen LogP contribution is -2.34. The van der Waals surface area contributed by atoms with E-state index in [0.717, 1.165) is 24.5 Å². The van der Waals surface area contributed by atoms with Crippen LogP contribution in [0.1, 0.15) is 31.2 Å². The molecule has 0 unspecified atom stereocenters. The summed E-state index contributed by atoms with van der Waals surface area (Å²) in [6, 6.07) is 0.790. The summed E-state index contributed by atoms with van der Waals surface area (Å²) in [5.74, 6) is 0. The summed E-state index contributed by atoms with van der Waals surface area (Å²) in [6.07, 6.45) is 9.64. The molecule has 1 aromatic heterocycles. The molecule has 0 bridgehead atoms. The van der Waals surface area contributed by atoms with Crippen molar-refractivity contribution in [3.63, 3.8) is 0 Å². The number of aromatic nitrogens is 2. The summed E-state index contributed by atoms with van der Waals surface area (Å²) >= 11 is 3.55. The van der Waals surface area contributed by atoms with Gasteiger partial charge in [0.25, 0.3) is 0 Å². The van der Waals surface area contributed by atoms with Crippen LogP contribution in [-0.2, 0) is 13.6 Å². The third-order valence-corrected chi connectivity index (χ3v) is 3.71. The maximum absolute atomic E-state index is 4.23. The summed E-state index contributed by atoms with van der Waals surface area (Å²) in [4.78, 5) is 2.60. The Morgan fingerprint density at radius 3 is 2.81 bits per heavy atom. The summed E-state index contributed by atoms with van der Waals surface area (Å²) in [5, 5.41) is 5.29. The van der Waals surface area contributed by atoms with E-state index in [9.17, 15) is 0 Å². The zero-order valence-electron chi connectivity index (χ0n) is 9.90. The summed E-state index contributed by atoms with van der Waals surface area (Å²) in [6.45, 7) is 2.18. The van der Waals surface area contributed by atoms with Crippen LogP contribution in [0.5, 0.6) is 0 Å². The van der Waals surface area contributed by atoms with Gasteiger partial charge in [0.05, 0.1) is 6.20 Å². The Bertz CT molecular complexity index is 318. The van der Waals surface area contributed by atoms with E-state index in [4.69, 9.17) is 0 Å². The van der Waals surface area contributed by atoms with Crippen LogP contribution in [0, 0.1) is 0 Å². The van der Waals surface area contributed by atoms with E-state index in [1.807, 2.05) is 17.9 Å². The molecule has 0 saturated heterocycles. The molecule has 90 valence electrons. The number of hydrogen-bond donors (Lipinski definition) is 0. The van der Waals surface area contributed by atoms with Gasteiger partial charge in [0.15, 0.2) is 0 Å². The van der Waals surface area contributed by atoms with Crippen LogP contribution in [0.3, 0.4) is 0 Å². The summed E-state index contributed by atoms with van der Waals surface area (Å²) in [7, 11) is 1.98. The molecule has 0 spiro atoms. The predicted molar refractivity (Wildman–Crippen MR) is 69.7 cm³/mol. The molecule has 1 aromatic rings. The second-order valence-corrected chi connectivity index (χ2v) is 5.41. The fraction of sp³-hybridized carbons (Fsp3) is 0.750. The van der Waals surface area contributed by atoms with Crippen molar-refractivity contribution < 1.29 is 0 Å². The minimum absolute atomic E-state index is 0.790. The first-order chi connectivity index (χ1) is 7.79. The zero-order valence-corrected chi connectivity index (χ0v) is 11.5. The van der Waals surface area contributed by atoms with E-state index in [0.29, 0.717) is 0 Å². The molecular formula is C12H20BrN3. The van der Waals surface area contributed by atoms with E-state index in [1.165, 1.54) is 31.2 Å². The normalized spacial score (nSPS) is 17.4. The van der Waals surface area contributed by atoms with E-state index >= 15 is 0 Å². The highest BCUT2D eigenvalue weighted by molar-refractivity contribution is 9.09. The monoisotopic (exact) mass is 285 g/mol. The van der Waals surface area contributed by atoms with Crippen LogP contribution in [-0.4, -0.2) is 32.6 Å². The molecule has 1 aliphatic carbocycles. The lowest BCUT2D eigenvalue weighted by molar-refractivity contribution is 0.202. The van der Waals surface area contributed by atoms with Gasteiger partial charge in [-0.25, -0.2) is 0 Å². The standard InChI is InChI=1S/C12H20BrN3/c1-15-9-11(8-14-15)10-16(7-6-13)12-4-2-3-5-12/h8-9,12H,2-7,10H2,1H3. The van der Waals surface area contributed by atoms with Crippen molar-refractivity contribution >= 4 is 15.9 Å². The summed E-state index contributed by atoms with van der Waals surface area (Å²) < 4.78 is 1.89. The van der Waals surface area contributed by atoms with Gasteiger partial charge in [-0.3, -0.25) is 9.58 Å². The first-order valence-corrected chi connectivity index (χ1v) is 7.19. The van der Waals surface area contributed by atoms with Gasteiger partial charge in [-0.2, -0.15) is 5.10 Å². The van der Waals surface area contributed by atoms with Crippen molar-refractivity contribution in [3.8, 4) is 0 Å². The number of rotatable bonds is 5. The van der Waals surface area contributed by atoms with E-state index < -0.39 is 0 Å². The topological polar surface area (TPSA) is 21.1 Å². The van der Waals surface area contributed by atoms with Gasteiger partial charge in [-0.1, -0.05) is 28.8 Å². The minimum atomic E-state index is 0.790.